The monoisotopic (exact) mass is 413 g/mol. The quantitative estimate of drug-likeness (QED) is 0.778. The largest absolute Gasteiger partial charge is 0.496 e. The molecule has 0 spiro atoms. The highest BCUT2D eigenvalue weighted by Crippen LogP contribution is 2.46. The number of nitrogens with zero attached hydrogens (tertiary/aromatic N) is 2. The van der Waals surface area contributed by atoms with Crippen LogP contribution in [0.1, 0.15) is 23.6 Å². The van der Waals surface area contributed by atoms with Crippen LogP contribution in [0.5, 0.6) is 5.75 Å². The minimum Gasteiger partial charge on any atom is -0.496 e. The molecule has 1 unspecified atom stereocenters. The van der Waals surface area contributed by atoms with Crippen LogP contribution in [0, 0.1) is 12.7 Å². The minimum absolute atomic E-state index is 0.171. The maximum Gasteiger partial charge on any atom is 0.266 e. The van der Waals surface area contributed by atoms with Crippen LogP contribution in [0.3, 0.4) is 0 Å². The van der Waals surface area contributed by atoms with Crippen molar-refractivity contribution in [3.8, 4) is 5.75 Å². The van der Waals surface area contributed by atoms with E-state index in [1.54, 1.807) is 26.3 Å². The van der Waals surface area contributed by atoms with Gasteiger partial charge in [-0.1, -0.05) is 24.3 Å². The normalized spacial score (nSPS) is 19.5. The fraction of sp³-hybridized carbons (Fsp3) is 0.273. The Balaban J connectivity index is 2.04. The molecule has 0 saturated heterocycles. The highest BCUT2D eigenvalue weighted by Gasteiger charge is 2.51. The van der Waals surface area contributed by atoms with E-state index < -0.39 is 5.54 Å². The van der Waals surface area contributed by atoms with Crippen molar-refractivity contribution in [3.63, 3.8) is 0 Å². The summed E-state index contributed by atoms with van der Waals surface area (Å²) >= 11 is 1.49. The molecule has 152 valence electrons. The fourth-order valence-electron chi connectivity index (χ4n) is 3.37. The third kappa shape index (κ3) is 3.74. The number of hydrogen-bond acceptors (Lipinski definition) is 5. The number of carbonyl (C=O) groups is 1. The van der Waals surface area contributed by atoms with Crippen LogP contribution in [0.15, 0.2) is 58.4 Å². The van der Waals surface area contributed by atoms with Crippen molar-refractivity contribution >= 4 is 23.6 Å². The number of rotatable bonds is 6. The van der Waals surface area contributed by atoms with Gasteiger partial charge in [0.05, 0.1) is 7.11 Å². The molecule has 3 rings (SSSR count). The summed E-state index contributed by atoms with van der Waals surface area (Å²) in [4.78, 5) is 20.1. The smallest absolute Gasteiger partial charge is 0.266 e. The first-order chi connectivity index (χ1) is 13.8. The molecule has 1 heterocycles. The summed E-state index contributed by atoms with van der Waals surface area (Å²) in [7, 11) is 3.23. The molecule has 1 aliphatic rings. The first-order valence-corrected chi connectivity index (χ1v) is 10.1. The van der Waals surface area contributed by atoms with Gasteiger partial charge >= 0.3 is 0 Å². The SMILES string of the molecule is C/C=C(\SCc1ccc(F)cc1)C1(c2ccc(OC)c(C)c2)N=C(N)N(C)C1=O. The van der Waals surface area contributed by atoms with Gasteiger partial charge in [-0.25, -0.2) is 9.38 Å². The number of guanidine groups is 1. The lowest BCUT2D eigenvalue weighted by molar-refractivity contribution is -0.129. The number of amides is 1. The van der Waals surface area contributed by atoms with Crippen molar-refractivity contribution in [3.05, 3.63) is 76.0 Å². The number of halogens is 1. The molecular formula is C22H24FN3O2S. The summed E-state index contributed by atoms with van der Waals surface area (Å²) < 4.78 is 18.6. The fourth-order valence-corrected chi connectivity index (χ4v) is 4.52. The lowest BCUT2D eigenvalue weighted by Gasteiger charge is -2.28. The first-order valence-electron chi connectivity index (χ1n) is 9.16. The Morgan fingerprint density at radius 2 is 2.00 bits per heavy atom. The van der Waals surface area contributed by atoms with E-state index in [0.29, 0.717) is 5.75 Å². The van der Waals surface area contributed by atoms with Crippen LogP contribution in [-0.4, -0.2) is 30.9 Å². The van der Waals surface area contributed by atoms with Crippen molar-refractivity contribution in [2.24, 2.45) is 10.7 Å². The van der Waals surface area contributed by atoms with E-state index in [0.717, 1.165) is 27.3 Å². The van der Waals surface area contributed by atoms with E-state index in [1.165, 1.54) is 28.8 Å². The Kier molecular flexibility index (Phi) is 5.98. The second kappa shape index (κ2) is 8.29. The Morgan fingerprint density at radius 3 is 2.52 bits per heavy atom. The summed E-state index contributed by atoms with van der Waals surface area (Å²) in [6.07, 6.45) is 1.89. The third-order valence-corrected chi connectivity index (χ3v) is 6.30. The van der Waals surface area contributed by atoms with Crippen molar-refractivity contribution in [1.82, 2.24) is 4.90 Å². The van der Waals surface area contributed by atoms with Gasteiger partial charge in [0, 0.05) is 17.7 Å². The number of thioether (sulfide) groups is 1. The molecule has 0 aromatic heterocycles. The zero-order valence-corrected chi connectivity index (χ0v) is 17.7. The van der Waals surface area contributed by atoms with E-state index in [2.05, 4.69) is 4.99 Å². The number of aliphatic imine (C=N–C) groups is 1. The van der Waals surface area contributed by atoms with Gasteiger partial charge in [-0.05, 0) is 54.8 Å². The molecule has 0 bridgehead atoms. The standard InChI is InChI=1S/C22H24FN3O2S/c1-5-19(29-13-15-6-9-17(23)10-7-15)22(20(27)26(3)21(24)25-22)16-8-11-18(28-4)14(2)12-16/h5-12H,13H2,1-4H3,(H2,24,25)/b19-5-. The maximum atomic E-state index is 13.4. The van der Waals surface area contributed by atoms with Crippen molar-refractivity contribution in [1.29, 1.82) is 0 Å². The second-order valence-corrected chi connectivity index (χ2v) is 7.81. The molecule has 7 heteroatoms. The van der Waals surface area contributed by atoms with Crippen LogP contribution in [0.25, 0.3) is 0 Å². The number of nitrogens with two attached hydrogens (primary N) is 1. The molecular weight excluding hydrogens is 389 g/mol. The van der Waals surface area contributed by atoms with Gasteiger partial charge in [0.1, 0.15) is 11.6 Å². The number of hydrogen-bond donors (Lipinski definition) is 1. The molecule has 2 N–H and O–H groups in total. The summed E-state index contributed by atoms with van der Waals surface area (Å²) in [5, 5.41) is 0. The van der Waals surface area contributed by atoms with Crippen molar-refractivity contribution in [2.45, 2.75) is 25.1 Å². The van der Waals surface area contributed by atoms with Gasteiger partial charge in [0.2, 0.25) is 0 Å². The molecule has 2 aromatic rings. The Morgan fingerprint density at radius 1 is 1.31 bits per heavy atom. The first kappa shape index (κ1) is 20.9. The molecule has 1 amide bonds. The summed E-state index contributed by atoms with van der Waals surface area (Å²) in [5.41, 5.74) is 7.39. The molecule has 0 saturated carbocycles. The number of benzene rings is 2. The molecule has 0 fully saturated rings. The number of methoxy groups -OCH3 is 1. The summed E-state index contributed by atoms with van der Waals surface area (Å²) in [5.74, 6) is 0.994. The van der Waals surface area contributed by atoms with Gasteiger partial charge in [-0.3, -0.25) is 9.69 Å². The Bertz CT molecular complexity index is 988. The lowest BCUT2D eigenvalue weighted by atomic mass is 9.88. The number of likely N-dealkylation sites (N-methyl/N-ethyl adjacent to an activating group) is 1. The Hall–Kier alpha value is -2.80. The summed E-state index contributed by atoms with van der Waals surface area (Å²) in [6.45, 7) is 3.80. The molecule has 2 aromatic carbocycles. The van der Waals surface area contributed by atoms with Gasteiger partial charge in [-0.15, -0.1) is 11.8 Å². The Labute approximate surface area is 174 Å². The van der Waals surface area contributed by atoms with Gasteiger partial charge in [0.15, 0.2) is 11.5 Å². The van der Waals surface area contributed by atoms with Crippen LogP contribution < -0.4 is 10.5 Å². The molecule has 0 radical (unpaired) electrons. The highest BCUT2D eigenvalue weighted by atomic mass is 32.2. The third-order valence-electron chi connectivity index (χ3n) is 4.98. The summed E-state index contributed by atoms with van der Waals surface area (Å²) in [6, 6.07) is 11.9. The van der Waals surface area contributed by atoms with E-state index >= 15 is 0 Å². The van der Waals surface area contributed by atoms with Gasteiger partial charge in [0.25, 0.3) is 5.91 Å². The number of ether oxygens (including phenoxy) is 1. The van der Waals surface area contributed by atoms with Gasteiger partial charge < -0.3 is 10.5 Å². The predicted octanol–water partition coefficient (Wildman–Crippen LogP) is 3.96. The molecule has 1 aliphatic heterocycles. The van der Waals surface area contributed by atoms with E-state index in [9.17, 15) is 9.18 Å². The molecule has 29 heavy (non-hydrogen) atoms. The van der Waals surface area contributed by atoms with Crippen LogP contribution >= 0.6 is 11.8 Å². The maximum absolute atomic E-state index is 13.4. The minimum atomic E-state index is -1.24. The highest BCUT2D eigenvalue weighted by molar-refractivity contribution is 8.02. The van der Waals surface area contributed by atoms with Gasteiger partial charge in [-0.2, -0.15) is 0 Å². The second-order valence-electron chi connectivity index (χ2n) is 6.80. The van der Waals surface area contributed by atoms with E-state index in [4.69, 9.17) is 10.5 Å². The zero-order chi connectivity index (χ0) is 21.2. The van der Waals surface area contributed by atoms with Crippen molar-refractivity contribution in [2.75, 3.05) is 14.2 Å². The zero-order valence-electron chi connectivity index (χ0n) is 16.9. The van der Waals surface area contributed by atoms with E-state index in [1.807, 2.05) is 38.1 Å². The van der Waals surface area contributed by atoms with Crippen molar-refractivity contribution < 1.29 is 13.9 Å². The van der Waals surface area contributed by atoms with E-state index in [-0.39, 0.29) is 17.7 Å². The average molecular weight is 414 g/mol. The van der Waals surface area contributed by atoms with Crippen LogP contribution in [0.4, 0.5) is 4.39 Å². The average Bonchev–Trinajstić information content (AvgIpc) is 2.94. The number of aryl methyl sites for hydroxylation is 1. The molecule has 1 atom stereocenters. The number of allylic oxidation sites excluding steroid dienone is 1. The predicted molar refractivity (Wildman–Crippen MR) is 115 cm³/mol. The molecule has 5 nitrogen and oxygen atoms in total. The lowest BCUT2D eigenvalue weighted by Crippen LogP contribution is -2.41. The molecule has 0 aliphatic carbocycles. The topological polar surface area (TPSA) is 67.9 Å². The van der Waals surface area contributed by atoms with Crippen LogP contribution in [-0.2, 0) is 16.1 Å². The number of carbonyl (C=O) groups excluding carboxylic acids is 1. The van der Waals surface area contributed by atoms with Crippen LogP contribution in [0.2, 0.25) is 0 Å².